The van der Waals surface area contributed by atoms with Gasteiger partial charge in [0.1, 0.15) is 11.6 Å². The number of rotatable bonds is 6. The number of nitrogens with two attached hydrogens (primary N) is 1. The Morgan fingerprint density at radius 2 is 1.93 bits per heavy atom. The van der Waals surface area contributed by atoms with E-state index < -0.39 is 5.91 Å². The summed E-state index contributed by atoms with van der Waals surface area (Å²) in [5.74, 6) is 0.833. The maximum absolute atomic E-state index is 14.0. The van der Waals surface area contributed by atoms with Crippen LogP contribution in [0.1, 0.15) is 40.2 Å². The van der Waals surface area contributed by atoms with Gasteiger partial charge in [-0.25, -0.2) is 9.37 Å². The first-order valence-corrected chi connectivity index (χ1v) is 10.1. The molecule has 154 valence electrons. The predicted octanol–water partition coefficient (Wildman–Crippen LogP) is 4.49. The Bertz CT molecular complexity index is 1010. The summed E-state index contributed by atoms with van der Waals surface area (Å²) >= 11 is 0. The van der Waals surface area contributed by atoms with E-state index in [2.05, 4.69) is 22.0 Å². The maximum atomic E-state index is 14.0. The number of ether oxygens (including phenoxy) is 1. The Morgan fingerprint density at radius 3 is 2.63 bits per heavy atom. The SMILES string of the molecule is NC(=O)c1ccc(Oc2ccc(C3CCCN(Cc4ccccc4F)C3)cc2)nc1. The number of carbonyl (C=O) groups is 1. The number of likely N-dealkylation sites (tertiary alicyclic amines) is 1. The minimum atomic E-state index is -0.519. The number of primary amides is 1. The van der Waals surface area contributed by atoms with E-state index in [0.29, 0.717) is 29.7 Å². The topological polar surface area (TPSA) is 68.5 Å². The third-order valence-electron chi connectivity index (χ3n) is 5.45. The number of piperidine rings is 1. The molecule has 1 saturated heterocycles. The highest BCUT2D eigenvalue weighted by molar-refractivity contribution is 5.92. The molecule has 1 atom stereocenters. The highest BCUT2D eigenvalue weighted by Crippen LogP contribution is 2.30. The normalized spacial score (nSPS) is 16.9. The van der Waals surface area contributed by atoms with Gasteiger partial charge in [-0.05, 0) is 55.1 Å². The van der Waals surface area contributed by atoms with Gasteiger partial charge in [0.05, 0.1) is 5.56 Å². The lowest BCUT2D eigenvalue weighted by Crippen LogP contribution is -2.34. The number of pyridine rings is 1. The average Bonchev–Trinajstić information content (AvgIpc) is 2.76. The van der Waals surface area contributed by atoms with Crippen LogP contribution in [0.3, 0.4) is 0 Å². The van der Waals surface area contributed by atoms with Crippen molar-refractivity contribution in [3.63, 3.8) is 0 Å². The van der Waals surface area contributed by atoms with Crippen LogP contribution in [0.5, 0.6) is 11.6 Å². The Balaban J connectivity index is 1.38. The number of aromatic nitrogens is 1. The van der Waals surface area contributed by atoms with Gasteiger partial charge in [-0.2, -0.15) is 0 Å². The van der Waals surface area contributed by atoms with E-state index in [4.69, 9.17) is 10.5 Å². The Labute approximate surface area is 175 Å². The molecule has 3 aromatic rings. The zero-order valence-electron chi connectivity index (χ0n) is 16.6. The van der Waals surface area contributed by atoms with Crippen LogP contribution >= 0.6 is 0 Å². The first-order valence-electron chi connectivity index (χ1n) is 10.1. The Morgan fingerprint density at radius 1 is 1.13 bits per heavy atom. The second-order valence-electron chi connectivity index (χ2n) is 7.59. The first kappa shape index (κ1) is 20.0. The molecule has 1 aliphatic heterocycles. The van der Waals surface area contributed by atoms with E-state index in [0.717, 1.165) is 31.5 Å². The van der Waals surface area contributed by atoms with Gasteiger partial charge < -0.3 is 10.5 Å². The standard InChI is InChI=1S/C24H24FN3O2/c25-22-6-2-1-4-20(22)16-28-13-3-5-19(15-28)17-7-10-21(11-8-17)30-23-12-9-18(14-27-23)24(26)29/h1-2,4,6-12,14,19H,3,5,13,15-16H2,(H2,26,29). The van der Waals surface area contributed by atoms with Crippen molar-refractivity contribution in [2.45, 2.75) is 25.3 Å². The molecule has 0 aliphatic carbocycles. The molecule has 1 aromatic heterocycles. The van der Waals surface area contributed by atoms with Gasteiger partial charge in [0.15, 0.2) is 0 Å². The third-order valence-corrected chi connectivity index (χ3v) is 5.45. The number of hydrogen-bond acceptors (Lipinski definition) is 4. The second kappa shape index (κ2) is 9.05. The van der Waals surface area contributed by atoms with Crippen molar-refractivity contribution in [1.82, 2.24) is 9.88 Å². The zero-order chi connectivity index (χ0) is 20.9. The first-order chi connectivity index (χ1) is 14.6. The fraction of sp³-hybridized carbons (Fsp3) is 0.250. The molecule has 4 rings (SSSR count). The number of amides is 1. The summed E-state index contributed by atoms with van der Waals surface area (Å²) in [7, 11) is 0. The quantitative estimate of drug-likeness (QED) is 0.656. The zero-order valence-corrected chi connectivity index (χ0v) is 16.6. The molecule has 6 heteroatoms. The summed E-state index contributed by atoms with van der Waals surface area (Å²) in [6, 6.07) is 18.2. The molecule has 1 aliphatic rings. The summed E-state index contributed by atoms with van der Waals surface area (Å²) in [4.78, 5) is 17.5. The van der Waals surface area contributed by atoms with E-state index in [1.165, 1.54) is 17.8 Å². The van der Waals surface area contributed by atoms with Crippen LogP contribution in [0.4, 0.5) is 4.39 Å². The van der Waals surface area contributed by atoms with Gasteiger partial charge in [0.25, 0.3) is 0 Å². The summed E-state index contributed by atoms with van der Waals surface area (Å²) in [5.41, 5.74) is 7.56. The molecule has 2 heterocycles. The lowest BCUT2D eigenvalue weighted by Gasteiger charge is -2.33. The van der Waals surface area contributed by atoms with Crippen molar-refractivity contribution < 1.29 is 13.9 Å². The average molecular weight is 405 g/mol. The predicted molar refractivity (Wildman–Crippen MR) is 113 cm³/mol. The van der Waals surface area contributed by atoms with Crippen LogP contribution in [0.2, 0.25) is 0 Å². The van der Waals surface area contributed by atoms with Crippen molar-refractivity contribution in [1.29, 1.82) is 0 Å². The molecule has 0 bridgehead atoms. The maximum Gasteiger partial charge on any atom is 0.250 e. The number of benzene rings is 2. The number of carbonyl (C=O) groups excluding carboxylic acids is 1. The molecule has 1 fully saturated rings. The van der Waals surface area contributed by atoms with Crippen LogP contribution in [-0.2, 0) is 6.54 Å². The highest BCUT2D eigenvalue weighted by atomic mass is 19.1. The van der Waals surface area contributed by atoms with E-state index in [9.17, 15) is 9.18 Å². The molecule has 5 nitrogen and oxygen atoms in total. The van der Waals surface area contributed by atoms with Crippen LogP contribution in [0.15, 0.2) is 66.9 Å². The summed E-state index contributed by atoms with van der Waals surface area (Å²) in [6.07, 6.45) is 3.61. The molecule has 2 aromatic carbocycles. The van der Waals surface area contributed by atoms with Crippen LogP contribution < -0.4 is 10.5 Å². The number of hydrogen-bond donors (Lipinski definition) is 1. The van der Waals surface area contributed by atoms with Crippen LogP contribution in [0.25, 0.3) is 0 Å². The van der Waals surface area contributed by atoms with E-state index in [-0.39, 0.29) is 5.82 Å². The van der Waals surface area contributed by atoms with Crippen LogP contribution in [-0.4, -0.2) is 28.9 Å². The largest absolute Gasteiger partial charge is 0.439 e. The molecule has 1 unspecified atom stereocenters. The van der Waals surface area contributed by atoms with E-state index >= 15 is 0 Å². The molecule has 30 heavy (non-hydrogen) atoms. The fourth-order valence-corrected chi connectivity index (χ4v) is 3.85. The van der Waals surface area contributed by atoms with Gasteiger partial charge >= 0.3 is 0 Å². The number of nitrogens with zero attached hydrogens (tertiary/aromatic N) is 2. The van der Waals surface area contributed by atoms with Crippen LogP contribution in [0, 0.1) is 5.82 Å². The van der Waals surface area contributed by atoms with Gasteiger partial charge in [-0.15, -0.1) is 0 Å². The Kier molecular flexibility index (Phi) is 6.05. The van der Waals surface area contributed by atoms with Crippen molar-refractivity contribution in [2.24, 2.45) is 5.73 Å². The molecule has 0 radical (unpaired) electrons. The van der Waals surface area contributed by atoms with Crippen molar-refractivity contribution >= 4 is 5.91 Å². The monoisotopic (exact) mass is 405 g/mol. The molecule has 1 amide bonds. The van der Waals surface area contributed by atoms with E-state index in [1.54, 1.807) is 18.2 Å². The fourth-order valence-electron chi connectivity index (χ4n) is 3.85. The molecule has 0 saturated carbocycles. The Hall–Kier alpha value is -3.25. The second-order valence-corrected chi connectivity index (χ2v) is 7.59. The van der Waals surface area contributed by atoms with E-state index in [1.807, 2.05) is 24.3 Å². The summed E-state index contributed by atoms with van der Waals surface area (Å²) in [6.45, 7) is 2.53. The van der Waals surface area contributed by atoms with Crippen molar-refractivity contribution in [3.8, 4) is 11.6 Å². The summed E-state index contributed by atoms with van der Waals surface area (Å²) < 4.78 is 19.7. The highest BCUT2D eigenvalue weighted by Gasteiger charge is 2.22. The van der Waals surface area contributed by atoms with Gasteiger partial charge in [0.2, 0.25) is 11.8 Å². The lowest BCUT2D eigenvalue weighted by molar-refractivity contribution is 0.1000. The van der Waals surface area contributed by atoms with Gasteiger partial charge in [0, 0.05) is 30.9 Å². The minimum absolute atomic E-state index is 0.140. The molecule has 0 spiro atoms. The van der Waals surface area contributed by atoms with Crippen molar-refractivity contribution in [2.75, 3.05) is 13.1 Å². The molecule has 2 N–H and O–H groups in total. The van der Waals surface area contributed by atoms with Crippen molar-refractivity contribution in [3.05, 3.63) is 89.4 Å². The smallest absolute Gasteiger partial charge is 0.250 e. The van der Waals surface area contributed by atoms with Gasteiger partial charge in [-0.3, -0.25) is 9.69 Å². The summed E-state index contributed by atoms with van der Waals surface area (Å²) in [5, 5.41) is 0. The number of halogens is 1. The third kappa shape index (κ3) is 4.83. The molecular weight excluding hydrogens is 381 g/mol. The van der Waals surface area contributed by atoms with Gasteiger partial charge in [-0.1, -0.05) is 30.3 Å². The molecular formula is C24H24FN3O2. The minimum Gasteiger partial charge on any atom is -0.439 e. The lowest BCUT2D eigenvalue weighted by atomic mass is 9.90.